The van der Waals surface area contributed by atoms with Gasteiger partial charge in [-0.2, -0.15) is 0 Å². The Morgan fingerprint density at radius 1 is 1.17 bits per heavy atom. The van der Waals surface area contributed by atoms with Gasteiger partial charge in [-0.1, -0.05) is 41.3 Å². The van der Waals surface area contributed by atoms with Gasteiger partial charge < -0.3 is 10.5 Å². The first kappa shape index (κ1) is 12.5. The third kappa shape index (κ3) is 2.43. The highest BCUT2D eigenvalue weighted by Crippen LogP contribution is 2.40. The number of fused-ring (bicyclic) bond motifs is 1. The quantitative estimate of drug-likeness (QED) is 0.844. The Kier molecular flexibility index (Phi) is 3.62. The van der Waals surface area contributed by atoms with Gasteiger partial charge in [0.1, 0.15) is 11.9 Å². The third-order valence-electron chi connectivity index (χ3n) is 4.32. The molecule has 1 saturated carbocycles. The Bertz CT molecular complexity index is 429. The maximum absolute atomic E-state index is 6.30. The van der Waals surface area contributed by atoms with E-state index in [2.05, 4.69) is 28.1 Å². The maximum Gasteiger partial charge on any atom is 0.125 e. The van der Waals surface area contributed by atoms with Crippen molar-refractivity contribution in [1.29, 1.82) is 0 Å². The van der Waals surface area contributed by atoms with Crippen LogP contribution in [0.5, 0.6) is 5.75 Å². The van der Waals surface area contributed by atoms with Crippen LogP contribution in [0.25, 0.3) is 0 Å². The highest BCUT2D eigenvalue weighted by atomic mass is 79.9. The number of ether oxygens (including phenoxy) is 1. The lowest BCUT2D eigenvalue weighted by atomic mass is 9.81. The van der Waals surface area contributed by atoms with Gasteiger partial charge in [0.25, 0.3) is 0 Å². The van der Waals surface area contributed by atoms with Crippen LogP contribution in [0.15, 0.2) is 22.7 Å². The molecule has 3 rings (SSSR count). The van der Waals surface area contributed by atoms with Gasteiger partial charge in [0, 0.05) is 22.5 Å². The van der Waals surface area contributed by atoms with E-state index in [1.165, 1.54) is 32.1 Å². The Hall–Kier alpha value is -0.540. The molecule has 0 bridgehead atoms. The molecular formula is C15H20BrNO. The average molecular weight is 310 g/mol. The maximum atomic E-state index is 6.30. The summed E-state index contributed by atoms with van der Waals surface area (Å²) >= 11 is 3.51. The molecule has 1 aliphatic heterocycles. The SMILES string of the molecule is N[C@@H]1CC(C2CCCCC2)Oc2cc(Br)ccc21. The van der Waals surface area contributed by atoms with Gasteiger partial charge >= 0.3 is 0 Å². The summed E-state index contributed by atoms with van der Waals surface area (Å²) < 4.78 is 7.28. The Morgan fingerprint density at radius 2 is 1.94 bits per heavy atom. The number of hydrogen-bond donors (Lipinski definition) is 1. The predicted molar refractivity (Wildman–Crippen MR) is 76.7 cm³/mol. The summed E-state index contributed by atoms with van der Waals surface area (Å²) in [4.78, 5) is 0. The van der Waals surface area contributed by atoms with E-state index in [9.17, 15) is 0 Å². The summed E-state index contributed by atoms with van der Waals surface area (Å²) in [7, 11) is 0. The molecule has 0 radical (unpaired) electrons. The fourth-order valence-electron chi connectivity index (χ4n) is 3.30. The molecule has 0 amide bonds. The van der Waals surface area contributed by atoms with Crippen molar-refractivity contribution >= 4 is 15.9 Å². The van der Waals surface area contributed by atoms with E-state index in [4.69, 9.17) is 10.5 Å². The Morgan fingerprint density at radius 3 is 2.72 bits per heavy atom. The van der Waals surface area contributed by atoms with E-state index in [0.29, 0.717) is 12.0 Å². The molecule has 98 valence electrons. The molecule has 18 heavy (non-hydrogen) atoms. The molecule has 2 N–H and O–H groups in total. The van der Waals surface area contributed by atoms with Gasteiger partial charge in [0.15, 0.2) is 0 Å². The average Bonchev–Trinajstić information content (AvgIpc) is 2.39. The number of hydrogen-bond acceptors (Lipinski definition) is 2. The zero-order valence-electron chi connectivity index (χ0n) is 10.6. The molecule has 3 heteroatoms. The lowest BCUT2D eigenvalue weighted by Gasteiger charge is -2.36. The van der Waals surface area contributed by atoms with Gasteiger partial charge in [-0.05, 0) is 30.9 Å². The summed E-state index contributed by atoms with van der Waals surface area (Å²) in [6.07, 6.45) is 8.00. The van der Waals surface area contributed by atoms with Gasteiger partial charge in [-0.3, -0.25) is 0 Å². The lowest BCUT2D eigenvalue weighted by molar-refractivity contribution is 0.0783. The van der Waals surface area contributed by atoms with Gasteiger partial charge in [0.05, 0.1) is 0 Å². The van der Waals surface area contributed by atoms with E-state index in [-0.39, 0.29) is 6.04 Å². The van der Waals surface area contributed by atoms with Crippen molar-refractivity contribution in [2.75, 3.05) is 0 Å². The first-order valence-corrected chi connectivity index (χ1v) is 7.75. The highest BCUT2D eigenvalue weighted by molar-refractivity contribution is 9.10. The Balaban J connectivity index is 1.81. The first-order valence-electron chi connectivity index (χ1n) is 6.96. The minimum Gasteiger partial charge on any atom is -0.490 e. The largest absolute Gasteiger partial charge is 0.490 e. The molecule has 0 spiro atoms. The van der Waals surface area contributed by atoms with Gasteiger partial charge in [0.2, 0.25) is 0 Å². The Labute approximate surface area is 117 Å². The molecular weight excluding hydrogens is 290 g/mol. The summed E-state index contributed by atoms with van der Waals surface area (Å²) in [6, 6.07) is 6.32. The van der Waals surface area contributed by atoms with Crippen LogP contribution in [0.4, 0.5) is 0 Å². The zero-order valence-corrected chi connectivity index (χ0v) is 12.2. The molecule has 1 aromatic carbocycles. The number of rotatable bonds is 1. The van der Waals surface area contributed by atoms with Crippen LogP contribution in [-0.2, 0) is 0 Å². The second-order valence-corrected chi connectivity index (χ2v) is 6.49. The van der Waals surface area contributed by atoms with E-state index in [0.717, 1.165) is 22.2 Å². The second-order valence-electron chi connectivity index (χ2n) is 5.58. The highest BCUT2D eigenvalue weighted by Gasteiger charge is 2.32. The lowest BCUT2D eigenvalue weighted by Crippen LogP contribution is -2.36. The summed E-state index contributed by atoms with van der Waals surface area (Å²) in [5, 5.41) is 0. The van der Waals surface area contributed by atoms with E-state index in [1.54, 1.807) is 0 Å². The van der Waals surface area contributed by atoms with Crippen molar-refractivity contribution in [3.8, 4) is 5.75 Å². The molecule has 1 heterocycles. The van der Waals surface area contributed by atoms with E-state index >= 15 is 0 Å². The third-order valence-corrected chi connectivity index (χ3v) is 4.81. The second kappa shape index (κ2) is 5.22. The molecule has 0 saturated heterocycles. The van der Waals surface area contributed by atoms with Crippen molar-refractivity contribution < 1.29 is 4.74 Å². The number of nitrogens with two attached hydrogens (primary N) is 1. The molecule has 1 aromatic rings. The van der Waals surface area contributed by atoms with E-state index < -0.39 is 0 Å². The van der Waals surface area contributed by atoms with Crippen LogP contribution in [0.2, 0.25) is 0 Å². The molecule has 1 unspecified atom stereocenters. The van der Waals surface area contributed by atoms with Crippen LogP contribution in [0.1, 0.15) is 50.1 Å². The minimum absolute atomic E-state index is 0.133. The van der Waals surface area contributed by atoms with Crippen LogP contribution < -0.4 is 10.5 Å². The molecule has 2 nitrogen and oxygen atoms in total. The van der Waals surface area contributed by atoms with Gasteiger partial charge in [-0.15, -0.1) is 0 Å². The standard InChI is InChI=1S/C15H20BrNO/c16-11-6-7-12-13(17)9-14(18-15(12)8-11)10-4-2-1-3-5-10/h6-8,10,13-14H,1-5,9,17H2/t13-,14?/m1/s1. The smallest absolute Gasteiger partial charge is 0.125 e. The van der Waals surface area contributed by atoms with Crippen molar-refractivity contribution in [3.63, 3.8) is 0 Å². The van der Waals surface area contributed by atoms with Crippen molar-refractivity contribution in [2.45, 2.75) is 50.7 Å². The van der Waals surface area contributed by atoms with Gasteiger partial charge in [-0.25, -0.2) is 0 Å². The molecule has 1 fully saturated rings. The van der Waals surface area contributed by atoms with Crippen LogP contribution in [0, 0.1) is 5.92 Å². The van der Waals surface area contributed by atoms with Crippen LogP contribution in [0.3, 0.4) is 0 Å². The summed E-state index contributed by atoms with van der Waals surface area (Å²) in [5.74, 6) is 1.69. The van der Waals surface area contributed by atoms with Crippen molar-refractivity contribution in [3.05, 3.63) is 28.2 Å². The number of benzene rings is 1. The zero-order chi connectivity index (χ0) is 12.5. The first-order chi connectivity index (χ1) is 8.74. The predicted octanol–water partition coefficient (Wildman–Crippen LogP) is 4.18. The van der Waals surface area contributed by atoms with Crippen molar-refractivity contribution in [1.82, 2.24) is 0 Å². The minimum atomic E-state index is 0.133. The summed E-state index contributed by atoms with van der Waals surface area (Å²) in [5.41, 5.74) is 7.46. The fourth-order valence-corrected chi connectivity index (χ4v) is 3.64. The molecule has 2 aliphatic rings. The summed E-state index contributed by atoms with van der Waals surface area (Å²) in [6.45, 7) is 0. The van der Waals surface area contributed by atoms with Crippen LogP contribution >= 0.6 is 15.9 Å². The fraction of sp³-hybridized carbons (Fsp3) is 0.600. The molecule has 1 aliphatic carbocycles. The van der Waals surface area contributed by atoms with Crippen molar-refractivity contribution in [2.24, 2.45) is 11.7 Å². The van der Waals surface area contributed by atoms with E-state index in [1.807, 2.05) is 6.07 Å². The van der Waals surface area contributed by atoms with Crippen LogP contribution in [-0.4, -0.2) is 6.10 Å². The monoisotopic (exact) mass is 309 g/mol. The molecule has 2 atom stereocenters. The number of halogens is 1. The topological polar surface area (TPSA) is 35.2 Å². The molecule has 0 aromatic heterocycles. The normalized spacial score (nSPS) is 28.6.